The van der Waals surface area contributed by atoms with Crippen LogP contribution in [-0.2, 0) is 62.3 Å². The zero-order valence-electron chi connectivity index (χ0n) is 66.6. The lowest BCUT2D eigenvalue weighted by atomic mass is 9.78. The summed E-state index contributed by atoms with van der Waals surface area (Å²) in [4.78, 5) is 192. The first-order valence-electron chi connectivity index (χ1n) is 40.1. The molecule has 0 aromatic heterocycles. The molecule has 108 heavy (non-hydrogen) atoms. The fourth-order valence-corrected chi connectivity index (χ4v) is 17.8. The lowest BCUT2D eigenvalue weighted by molar-refractivity contribution is -0.201. The highest BCUT2D eigenvalue weighted by molar-refractivity contribution is 6.20. The van der Waals surface area contributed by atoms with Crippen LogP contribution in [0.2, 0.25) is 0 Å². The molecular formula is C78H127ClF4N12O13. The van der Waals surface area contributed by atoms with E-state index in [0.717, 1.165) is 72.5 Å². The van der Waals surface area contributed by atoms with Crippen LogP contribution in [0.5, 0.6) is 0 Å². The van der Waals surface area contributed by atoms with Crippen molar-refractivity contribution < 1.29 is 79.8 Å². The number of alkyl halides is 5. The van der Waals surface area contributed by atoms with Gasteiger partial charge in [-0.1, -0.05) is 99.3 Å². The Morgan fingerprint density at radius 2 is 1.19 bits per heavy atom. The normalized spacial score (nSPS) is 30.7. The molecule has 7 aliphatic rings. The molecule has 25 nitrogen and oxygen atoms in total. The molecule has 0 bridgehead atoms. The maximum absolute atomic E-state index is 15.8. The van der Waals surface area contributed by atoms with E-state index in [9.17, 15) is 37.1 Å². The lowest BCUT2D eigenvalue weighted by Gasteiger charge is -2.41. The van der Waals surface area contributed by atoms with Crippen LogP contribution in [0, 0.1) is 41.4 Å². The summed E-state index contributed by atoms with van der Waals surface area (Å²) in [7, 11) is 9.87. The minimum Gasteiger partial charge on any atom is -0.376 e. The summed E-state index contributed by atoms with van der Waals surface area (Å²) < 4.78 is 64.2. The lowest BCUT2D eigenvalue weighted by Crippen LogP contribution is -2.64. The maximum atomic E-state index is 15.8. The Balaban J connectivity index is 1.31. The van der Waals surface area contributed by atoms with Gasteiger partial charge in [-0.15, -0.1) is 11.6 Å². The number of fused-ring (bicyclic) bond motifs is 1. The number of hydrogen-bond acceptors (Lipinski definition) is 13. The second-order valence-corrected chi connectivity index (χ2v) is 34.3. The number of piperidine rings is 1. The van der Waals surface area contributed by atoms with E-state index >= 15 is 38.0 Å². The van der Waals surface area contributed by atoms with E-state index in [1.807, 2.05) is 34.6 Å². The average Bonchev–Trinajstić information content (AvgIpc) is 1.55. The van der Waals surface area contributed by atoms with Gasteiger partial charge in [-0.25, -0.2) is 4.39 Å². The summed E-state index contributed by atoms with van der Waals surface area (Å²) in [5, 5.41) is 8.73. The van der Waals surface area contributed by atoms with Crippen molar-refractivity contribution in [2.75, 3.05) is 95.2 Å². The van der Waals surface area contributed by atoms with Gasteiger partial charge in [0, 0.05) is 87.4 Å². The molecule has 7 fully saturated rings. The first-order valence-corrected chi connectivity index (χ1v) is 40.6. The summed E-state index contributed by atoms with van der Waals surface area (Å²) in [6.07, 6.45) is 1.93. The van der Waals surface area contributed by atoms with Crippen LogP contribution in [-0.4, -0.2) is 282 Å². The Morgan fingerprint density at radius 1 is 0.583 bits per heavy atom. The molecule has 4 aliphatic carbocycles. The number of likely N-dealkylation sites (N-methyl/N-ethyl adjacent to an activating group) is 7. The predicted molar refractivity (Wildman–Crippen MR) is 399 cm³/mol. The maximum Gasteiger partial charge on any atom is 0.394 e. The SMILES string of the molecule is CC[C@H](C)[C@@H]1NC(=O)[C@H](CC(C)C)N(C)C(=O)C[C@@H](C(=O)N2CCCCC2)N(C)C(=O)[C@H](CC(C)C)N(C)C(=O)C2(CCCC2)NC(=O)[C@@H]2C[C@H](OCC3CCCC(Cl)C3)CN2C(=O)[C@H](CCC2CCC(C(F)(F)F)C(F)C2)NC(=O)CN(C)C(=O)[C@H](CC2CCCCC2)N(C)C(=O)CN(C)C(=O)CN(C)C1=O. The summed E-state index contributed by atoms with van der Waals surface area (Å²) in [5.41, 5.74) is -1.66. The Bertz CT molecular complexity index is 3120. The van der Waals surface area contributed by atoms with Gasteiger partial charge in [0.05, 0.1) is 38.1 Å². The standard InChI is InChI=1S/C78H127ClF4N12O13/c1-14-50(6)68-75(106)89(9)45-66(98)87(7)46-67(99)91(11)62(40-51-24-17-15-18-25-51)72(103)88(8)44-64(96)84-58(31-29-52-28-30-56(57(80)39-52)78(81,82)83)71(102)95-43-55(108-47-53-26-23-27-54(79)38-53)41-60(95)70(101)86-77(32-19-20-33-77)76(107)93(13)61(37-49(4)5)73(104)92(12)63(74(105)94-34-21-16-22-35-94)42-65(97)90(10)59(36-48(2)3)69(100)85-68/h48-63,68H,14-47H2,1-13H3,(H,84,96)(H,85,100)(H,86,101)/t50-,52?,53?,54?,55-,56?,57?,58-,59-,60-,61-,62-,63-,68-/m0/s1. The molecule has 0 radical (unpaired) electrons. The highest BCUT2D eigenvalue weighted by Crippen LogP contribution is 2.43. The average molecular weight is 1550 g/mol. The van der Waals surface area contributed by atoms with E-state index < -0.39 is 194 Å². The van der Waals surface area contributed by atoms with Crippen molar-refractivity contribution in [3.63, 3.8) is 0 Å². The van der Waals surface area contributed by atoms with E-state index in [0.29, 0.717) is 51.6 Å². The second-order valence-electron chi connectivity index (χ2n) is 33.7. The molecule has 3 heterocycles. The Hall–Kier alpha value is -6.39. The number of nitrogens with zero attached hydrogens (tertiary/aromatic N) is 9. The molecule has 5 unspecified atom stereocenters. The number of rotatable bonds is 15. The molecular weight excluding hydrogens is 1420 g/mol. The zero-order chi connectivity index (χ0) is 79.8. The van der Waals surface area contributed by atoms with Crippen molar-refractivity contribution in [2.24, 2.45) is 41.4 Å². The van der Waals surface area contributed by atoms with Gasteiger partial charge in [-0.2, -0.15) is 13.2 Å². The zero-order valence-corrected chi connectivity index (χ0v) is 67.3. The third-order valence-corrected chi connectivity index (χ3v) is 24.8. The van der Waals surface area contributed by atoms with Crippen molar-refractivity contribution in [3.05, 3.63) is 0 Å². The molecule has 7 rings (SSSR count). The third-order valence-electron chi connectivity index (χ3n) is 24.4. The summed E-state index contributed by atoms with van der Waals surface area (Å²) in [5.74, 6) is -11.8. The monoisotopic (exact) mass is 1550 g/mol. The number of carbonyl (C=O) groups excluding carboxylic acids is 12. The first-order chi connectivity index (χ1) is 50.9. The molecule has 612 valence electrons. The van der Waals surface area contributed by atoms with E-state index in [2.05, 4.69) is 16.0 Å². The predicted octanol–water partition coefficient (Wildman–Crippen LogP) is 7.47. The van der Waals surface area contributed by atoms with Gasteiger partial charge in [-0.05, 0) is 138 Å². The van der Waals surface area contributed by atoms with Crippen LogP contribution in [0.15, 0.2) is 0 Å². The van der Waals surface area contributed by atoms with E-state index in [1.165, 1.54) is 73.8 Å². The fourth-order valence-electron chi connectivity index (χ4n) is 17.4. The molecule has 1 spiro atoms. The molecule has 3 saturated heterocycles. The van der Waals surface area contributed by atoms with Crippen LogP contribution in [0.1, 0.15) is 215 Å². The van der Waals surface area contributed by atoms with E-state index in [1.54, 1.807) is 11.8 Å². The fraction of sp³-hybridized carbons (Fsp3) is 0.846. The van der Waals surface area contributed by atoms with Crippen molar-refractivity contribution >= 4 is 82.5 Å². The number of carbonyl (C=O) groups is 12. The molecule has 30 heteroatoms. The van der Waals surface area contributed by atoms with Crippen LogP contribution >= 0.6 is 11.6 Å². The molecule has 3 aliphatic heterocycles. The topological polar surface area (TPSA) is 279 Å². The van der Waals surface area contributed by atoms with Crippen molar-refractivity contribution in [1.29, 1.82) is 0 Å². The van der Waals surface area contributed by atoms with Gasteiger partial charge >= 0.3 is 6.18 Å². The number of halogens is 5. The summed E-state index contributed by atoms with van der Waals surface area (Å²) in [6.45, 7) is 10.1. The highest BCUT2D eigenvalue weighted by Gasteiger charge is 2.53. The smallest absolute Gasteiger partial charge is 0.376 e. The summed E-state index contributed by atoms with van der Waals surface area (Å²) in [6, 6.07) is -9.16. The minimum atomic E-state index is -4.78. The Kier molecular flexibility index (Phi) is 33.0. The third kappa shape index (κ3) is 23.6. The van der Waals surface area contributed by atoms with Gasteiger partial charge in [0.25, 0.3) is 0 Å². The first kappa shape index (κ1) is 88.8. The molecule has 0 aromatic carbocycles. The second kappa shape index (κ2) is 40.2. The van der Waals surface area contributed by atoms with Gasteiger partial charge in [0.2, 0.25) is 70.9 Å². The van der Waals surface area contributed by atoms with Crippen LogP contribution < -0.4 is 16.0 Å². The number of ether oxygens (including phenoxy) is 1. The van der Waals surface area contributed by atoms with Gasteiger partial charge in [0.1, 0.15) is 54.0 Å². The van der Waals surface area contributed by atoms with Gasteiger partial charge in [-0.3, -0.25) is 57.5 Å². The van der Waals surface area contributed by atoms with E-state index in [-0.39, 0.29) is 100.0 Å². The summed E-state index contributed by atoms with van der Waals surface area (Å²) >= 11 is 6.64. The Labute approximate surface area is 642 Å². The number of nitrogens with one attached hydrogen (secondary N) is 3. The van der Waals surface area contributed by atoms with Gasteiger partial charge in [0.15, 0.2) is 0 Å². The van der Waals surface area contributed by atoms with Crippen LogP contribution in [0.4, 0.5) is 17.6 Å². The number of hydrogen-bond donors (Lipinski definition) is 3. The van der Waals surface area contributed by atoms with Crippen LogP contribution in [0.3, 0.4) is 0 Å². The molecule has 12 amide bonds. The van der Waals surface area contributed by atoms with Crippen molar-refractivity contribution in [1.82, 2.24) is 60.0 Å². The van der Waals surface area contributed by atoms with Gasteiger partial charge < -0.3 is 64.8 Å². The minimum absolute atomic E-state index is 0.00565. The number of likely N-dealkylation sites (tertiary alicyclic amines) is 1. The van der Waals surface area contributed by atoms with Crippen molar-refractivity contribution in [3.8, 4) is 0 Å². The Morgan fingerprint density at radius 3 is 1.80 bits per heavy atom. The largest absolute Gasteiger partial charge is 0.394 e. The molecule has 3 N–H and O–H groups in total. The van der Waals surface area contributed by atoms with Crippen molar-refractivity contribution in [2.45, 2.75) is 287 Å². The quantitative estimate of drug-likeness (QED) is 0.106. The molecule has 14 atom stereocenters. The highest BCUT2D eigenvalue weighted by atomic mass is 35.5. The molecule has 0 aromatic rings. The van der Waals surface area contributed by atoms with Crippen LogP contribution in [0.25, 0.3) is 0 Å². The number of amides is 12. The molecule has 4 saturated carbocycles. The van der Waals surface area contributed by atoms with E-state index in [4.69, 9.17) is 16.3 Å².